The molecule has 1 amide bonds. The van der Waals surface area contributed by atoms with Crippen LogP contribution in [0.4, 0.5) is 0 Å². The summed E-state index contributed by atoms with van der Waals surface area (Å²) in [6.45, 7) is 4.71. The molecule has 0 aliphatic rings. The predicted molar refractivity (Wildman–Crippen MR) is 68.5 cm³/mol. The van der Waals surface area contributed by atoms with Gasteiger partial charge in [-0.25, -0.2) is 0 Å². The van der Waals surface area contributed by atoms with Crippen LogP contribution in [0.5, 0.6) is 0 Å². The molecule has 6 heteroatoms. The van der Waals surface area contributed by atoms with E-state index in [2.05, 4.69) is 4.98 Å². The van der Waals surface area contributed by atoms with E-state index in [1.54, 1.807) is 12.3 Å². The van der Waals surface area contributed by atoms with Crippen LogP contribution in [0, 0.1) is 0 Å². The van der Waals surface area contributed by atoms with Crippen LogP contribution in [-0.2, 0) is 9.47 Å². The van der Waals surface area contributed by atoms with Gasteiger partial charge in [0.1, 0.15) is 11.1 Å². The maximum absolute atomic E-state index is 11.3. The average molecular weight is 264 g/mol. The highest BCUT2D eigenvalue weighted by atomic mass is 16.7. The molecule has 2 aromatic rings. The molecular weight excluding hydrogens is 248 g/mol. The highest BCUT2D eigenvalue weighted by Gasteiger charge is 2.19. The molecule has 0 aliphatic heterocycles. The average Bonchev–Trinajstić information content (AvgIpc) is 2.81. The normalized spacial score (nSPS) is 11.3. The fourth-order valence-corrected chi connectivity index (χ4v) is 1.79. The number of rotatable bonds is 6. The summed E-state index contributed by atoms with van der Waals surface area (Å²) in [5.74, 6) is -0.0856. The quantitative estimate of drug-likeness (QED) is 0.806. The number of hydrogen-bond acceptors (Lipinski definition) is 5. The first-order chi connectivity index (χ1) is 9.17. The topological polar surface area (TPSA) is 87.6 Å². The summed E-state index contributed by atoms with van der Waals surface area (Å²) < 4.78 is 16.5. The van der Waals surface area contributed by atoms with Gasteiger partial charge in [0.25, 0.3) is 5.91 Å². The van der Waals surface area contributed by atoms with Gasteiger partial charge in [-0.3, -0.25) is 9.78 Å². The zero-order valence-corrected chi connectivity index (χ0v) is 10.9. The first-order valence-corrected chi connectivity index (χ1v) is 6.07. The molecule has 102 valence electrons. The van der Waals surface area contributed by atoms with Crippen LogP contribution < -0.4 is 5.73 Å². The van der Waals surface area contributed by atoms with Crippen LogP contribution in [0.15, 0.2) is 22.9 Å². The third-order valence-corrected chi connectivity index (χ3v) is 2.58. The molecule has 0 radical (unpaired) electrons. The number of carbonyl (C=O) groups is 1. The van der Waals surface area contributed by atoms with Gasteiger partial charge in [-0.1, -0.05) is 0 Å². The molecule has 0 saturated heterocycles. The van der Waals surface area contributed by atoms with Crippen molar-refractivity contribution in [2.75, 3.05) is 13.2 Å². The second-order valence-corrected chi connectivity index (χ2v) is 3.86. The third-order valence-electron chi connectivity index (χ3n) is 2.58. The molecule has 0 fully saturated rings. The van der Waals surface area contributed by atoms with Crippen molar-refractivity contribution in [3.63, 3.8) is 0 Å². The number of carbonyl (C=O) groups excluding carboxylic acids is 1. The van der Waals surface area contributed by atoms with Gasteiger partial charge in [-0.2, -0.15) is 0 Å². The molecule has 6 nitrogen and oxygen atoms in total. The first-order valence-electron chi connectivity index (χ1n) is 6.07. The van der Waals surface area contributed by atoms with Gasteiger partial charge < -0.3 is 19.6 Å². The summed E-state index contributed by atoms with van der Waals surface area (Å²) in [4.78, 5) is 15.3. The fourth-order valence-electron chi connectivity index (χ4n) is 1.79. The number of aromatic nitrogens is 1. The lowest BCUT2D eigenvalue weighted by atomic mass is 10.2. The van der Waals surface area contributed by atoms with E-state index in [4.69, 9.17) is 19.6 Å². The molecule has 0 spiro atoms. The van der Waals surface area contributed by atoms with Crippen LogP contribution in [0.1, 0.15) is 36.3 Å². The number of hydrogen-bond donors (Lipinski definition) is 1. The van der Waals surface area contributed by atoms with Gasteiger partial charge >= 0.3 is 0 Å². The van der Waals surface area contributed by atoms with Gasteiger partial charge in [-0.15, -0.1) is 0 Å². The molecule has 0 atom stereocenters. The SMILES string of the molecule is CCOC(OCC)c1cc2cncc(C(N)=O)c2o1. The van der Waals surface area contributed by atoms with Crippen molar-refractivity contribution in [2.45, 2.75) is 20.1 Å². The van der Waals surface area contributed by atoms with E-state index in [0.717, 1.165) is 0 Å². The van der Waals surface area contributed by atoms with Crippen molar-refractivity contribution in [1.82, 2.24) is 4.98 Å². The van der Waals surface area contributed by atoms with Gasteiger partial charge in [-0.05, 0) is 19.9 Å². The predicted octanol–water partition coefficient (Wildman–Crippen LogP) is 2.00. The first kappa shape index (κ1) is 13.5. The van der Waals surface area contributed by atoms with E-state index in [1.807, 2.05) is 13.8 Å². The van der Waals surface area contributed by atoms with Crippen molar-refractivity contribution >= 4 is 16.9 Å². The minimum absolute atomic E-state index is 0.246. The van der Waals surface area contributed by atoms with Crippen molar-refractivity contribution in [3.8, 4) is 0 Å². The summed E-state index contributed by atoms with van der Waals surface area (Å²) in [7, 11) is 0. The molecule has 0 saturated carbocycles. The molecule has 19 heavy (non-hydrogen) atoms. The van der Waals surface area contributed by atoms with Crippen LogP contribution in [0.2, 0.25) is 0 Å². The zero-order chi connectivity index (χ0) is 13.8. The zero-order valence-electron chi connectivity index (χ0n) is 10.9. The summed E-state index contributed by atoms with van der Waals surface area (Å²) in [6, 6.07) is 1.74. The minimum atomic E-state index is -0.594. The highest BCUT2D eigenvalue weighted by Crippen LogP contribution is 2.28. The lowest BCUT2D eigenvalue weighted by Crippen LogP contribution is -2.11. The molecule has 2 heterocycles. The summed E-state index contributed by atoms with van der Waals surface area (Å²) in [5.41, 5.74) is 5.93. The lowest BCUT2D eigenvalue weighted by molar-refractivity contribution is -0.150. The Hall–Kier alpha value is -1.92. The monoisotopic (exact) mass is 264 g/mol. The molecule has 0 aromatic carbocycles. The Bertz CT molecular complexity index is 573. The highest BCUT2D eigenvalue weighted by molar-refractivity contribution is 6.03. The van der Waals surface area contributed by atoms with Gasteiger partial charge in [0.15, 0.2) is 5.76 Å². The number of primary amides is 1. The molecule has 0 bridgehead atoms. The Kier molecular flexibility index (Phi) is 4.13. The van der Waals surface area contributed by atoms with Crippen molar-refractivity contribution in [2.24, 2.45) is 5.73 Å². The van der Waals surface area contributed by atoms with E-state index >= 15 is 0 Å². The van der Waals surface area contributed by atoms with E-state index in [1.165, 1.54) is 6.20 Å². The Morgan fingerprint density at radius 3 is 2.63 bits per heavy atom. The Labute approximate surface area is 110 Å². The summed E-state index contributed by atoms with van der Waals surface area (Å²) in [6.07, 6.45) is 2.39. The number of nitrogens with zero attached hydrogens (tertiary/aromatic N) is 1. The van der Waals surface area contributed by atoms with E-state index < -0.39 is 12.2 Å². The molecule has 2 N–H and O–H groups in total. The largest absolute Gasteiger partial charge is 0.455 e. The molecule has 0 unspecified atom stereocenters. The Morgan fingerprint density at radius 2 is 2.05 bits per heavy atom. The van der Waals surface area contributed by atoms with Crippen molar-refractivity contribution in [1.29, 1.82) is 0 Å². The number of pyridine rings is 1. The van der Waals surface area contributed by atoms with Crippen LogP contribution >= 0.6 is 0 Å². The lowest BCUT2D eigenvalue weighted by Gasteiger charge is -2.13. The number of fused-ring (bicyclic) bond motifs is 1. The van der Waals surface area contributed by atoms with E-state index in [0.29, 0.717) is 29.9 Å². The Morgan fingerprint density at radius 1 is 1.37 bits per heavy atom. The number of nitrogens with two attached hydrogens (primary N) is 1. The second-order valence-electron chi connectivity index (χ2n) is 3.86. The van der Waals surface area contributed by atoms with Crippen LogP contribution in [0.3, 0.4) is 0 Å². The standard InChI is InChI=1S/C13H16N2O4/c1-3-17-13(18-4-2)10-5-8-6-15-7-9(12(14)16)11(8)19-10/h5-7,13H,3-4H2,1-2H3,(H2,14,16). The summed E-state index contributed by atoms with van der Waals surface area (Å²) >= 11 is 0. The molecule has 2 rings (SSSR count). The smallest absolute Gasteiger partial charge is 0.254 e. The van der Waals surface area contributed by atoms with E-state index in [-0.39, 0.29) is 5.56 Å². The maximum Gasteiger partial charge on any atom is 0.254 e. The molecule has 2 aromatic heterocycles. The molecular formula is C13H16N2O4. The third kappa shape index (κ3) is 2.74. The maximum atomic E-state index is 11.3. The summed E-state index contributed by atoms with van der Waals surface area (Å²) in [5, 5.41) is 0.690. The number of furan rings is 1. The number of amides is 1. The minimum Gasteiger partial charge on any atom is -0.455 e. The van der Waals surface area contributed by atoms with Crippen molar-refractivity contribution in [3.05, 3.63) is 29.8 Å². The van der Waals surface area contributed by atoms with E-state index in [9.17, 15) is 4.79 Å². The fraction of sp³-hybridized carbons (Fsp3) is 0.385. The molecule has 0 aliphatic carbocycles. The van der Waals surface area contributed by atoms with Gasteiger partial charge in [0.05, 0.1) is 0 Å². The van der Waals surface area contributed by atoms with Crippen molar-refractivity contribution < 1.29 is 18.7 Å². The van der Waals surface area contributed by atoms with Gasteiger partial charge in [0, 0.05) is 31.0 Å². The Balaban J connectivity index is 2.45. The second kappa shape index (κ2) is 5.81. The van der Waals surface area contributed by atoms with Crippen LogP contribution in [0.25, 0.3) is 11.0 Å². The number of ether oxygens (including phenoxy) is 2. The van der Waals surface area contributed by atoms with Gasteiger partial charge in [0.2, 0.25) is 6.29 Å². The van der Waals surface area contributed by atoms with Crippen LogP contribution in [-0.4, -0.2) is 24.1 Å².